The molecule has 2 unspecified atom stereocenters. The van der Waals surface area contributed by atoms with Gasteiger partial charge >= 0.3 is 0 Å². The van der Waals surface area contributed by atoms with Crippen molar-refractivity contribution in [1.29, 1.82) is 0 Å². The summed E-state index contributed by atoms with van der Waals surface area (Å²) >= 11 is 0. The van der Waals surface area contributed by atoms with E-state index in [2.05, 4.69) is 44.1 Å². The summed E-state index contributed by atoms with van der Waals surface area (Å²) < 4.78 is 30.0. The molecule has 2 atom stereocenters. The van der Waals surface area contributed by atoms with E-state index in [1.54, 1.807) is 36.4 Å². The molecule has 1 aliphatic heterocycles. The number of hydrogen-bond acceptors (Lipinski definition) is 6. The summed E-state index contributed by atoms with van der Waals surface area (Å²) in [5.74, 6) is 0.761. The molecule has 0 radical (unpaired) electrons. The second kappa shape index (κ2) is 11.3. The number of H-pyrrole nitrogens is 1. The van der Waals surface area contributed by atoms with Crippen molar-refractivity contribution in [2.75, 3.05) is 24.0 Å². The topological polar surface area (TPSA) is 102 Å². The van der Waals surface area contributed by atoms with E-state index in [1.807, 2.05) is 42.6 Å². The number of piperidine rings is 1. The average molecular weight is 630 g/mol. The maximum Gasteiger partial charge on any atom is 0.269 e. The highest BCUT2D eigenvalue weighted by Gasteiger charge is 2.54. The zero-order chi connectivity index (χ0) is 31.3. The van der Waals surface area contributed by atoms with Crippen LogP contribution in [0.5, 0.6) is 0 Å². The van der Waals surface area contributed by atoms with Crippen molar-refractivity contribution in [1.82, 2.24) is 19.9 Å². The minimum atomic E-state index is -4.04. The lowest BCUT2D eigenvalue weighted by molar-refractivity contribution is 0.130. The Hall–Kier alpha value is -4.57. The maximum atomic E-state index is 14.3. The summed E-state index contributed by atoms with van der Waals surface area (Å²) in [5.41, 5.74) is 5.63. The SMILES string of the molecule is O=S(=O)(c1ccccc1)N(c1ccc2[nH]ccc2c1)c1ncnc2ccc(-c3ccc(CN4CCCC5(CC5CO)C4)cc3)cc12. The first-order valence-corrected chi connectivity index (χ1v) is 17.2. The van der Waals surface area contributed by atoms with Crippen LogP contribution in [0, 0.1) is 11.3 Å². The molecule has 4 aromatic carbocycles. The normalized spacial score (nSPS) is 20.0. The summed E-state index contributed by atoms with van der Waals surface area (Å²) in [7, 11) is -4.04. The second-order valence-corrected chi connectivity index (χ2v) is 14.5. The second-order valence-electron chi connectivity index (χ2n) is 12.7. The minimum Gasteiger partial charge on any atom is -0.396 e. The zero-order valence-corrected chi connectivity index (χ0v) is 26.2. The molecule has 0 amide bonds. The van der Waals surface area contributed by atoms with E-state index in [1.165, 1.54) is 29.0 Å². The number of benzene rings is 4. The number of aromatic amines is 1. The Labute approximate surface area is 268 Å². The van der Waals surface area contributed by atoms with Gasteiger partial charge in [-0.15, -0.1) is 0 Å². The number of aliphatic hydroxyl groups excluding tert-OH is 1. The lowest BCUT2D eigenvalue weighted by atomic mass is 9.92. The largest absolute Gasteiger partial charge is 0.396 e. The fourth-order valence-corrected chi connectivity index (χ4v) is 8.74. The molecule has 2 aliphatic rings. The number of likely N-dealkylation sites (tertiary alicyclic amines) is 1. The van der Waals surface area contributed by atoms with Crippen LogP contribution in [0.2, 0.25) is 0 Å². The van der Waals surface area contributed by atoms with Crippen LogP contribution in [0.4, 0.5) is 11.5 Å². The van der Waals surface area contributed by atoms with Crippen LogP contribution in [0.3, 0.4) is 0 Å². The fraction of sp³-hybridized carbons (Fsp3) is 0.243. The molecule has 8 nitrogen and oxygen atoms in total. The van der Waals surface area contributed by atoms with E-state index in [0.29, 0.717) is 40.3 Å². The molecule has 1 saturated carbocycles. The molecule has 2 aromatic heterocycles. The first-order chi connectivity index (χ1) is 22.4. The van der Waals surface area contributed by atoms with Crippen LogP contribution in [0.1, 0.15) is 24.8 Å². The Kier molecular flexibility index (Phi) is 7.12. The van der Waals surface area contributed by atoms with Crippen molar-refractivity contribution in [2.24, 2.45) is 11.3 Å². The first-order valence-electron chi connectivity index (χ1n) is 15.8. The molecular weight excluding hydrogens is 595 g/mol. The number of aliphatic hydroxyl groups is 1. The number of fused-ring (bicyclic) bond motifs is 2. The minimum absolute atomic E-state index is 0.177. The molecule has 8 rings (SSSR count). The number of aromatic nitrogens is 3. The molecule has 0 bridgehead atoms. The molecule has 6 aromatic rings. The van der Waals surface area contributed by atoms with Crippen LogP contribution < -0.4 is 4.31 Å². The van der Waals surface area contributed by atoms with Gasteiger partial charge in [-0.3, -0.25) is 4.90 Å². The van der Waals surface area contributed by atoms with Gasteiger partial charge in [0.15, 0.2) is 5.82 Å². The van der Waals surface area contributed by atoms with Crippen molar-refractivity contribution in [3.63, 3.8) is 0 Å². The van der Waals surface area contributed by atoms with Gasteiger partial charge in [0, 0.05) is 42.2 Å². The highest BCUT2D eigenvalue weighted by molar-refractivity contribution is 7.93. The number of rotatable bonds is 8. The van der Waals surface area contributed by atoms with Gasteiger partial charge in [-0.25, -0.2) is 22.7 Å². The Morgan fingerprint density at radius 3 is 2.57 bits per heavy atom. The highest BCUT2D eigenvalue weighted by atomic mass is 32.2. The van der Waals surface area contributed by atoms with E-state index in [4.69, 9.17) is 0 Å². The molecule has 2 fully saturated rings. The van der Waals surface area contributed by atoms with Crippen LogP contribution in [0.15, 0.2) is 114 Å². The first kappa shape index (κ1) is 28.9. The number of anilines is 2. The summed E-state index contributed by atoms with van der Waals surface area (Å²) in [6.07, 6.45) is 6.82. The molecule has 1 spiro atoms. The maximum absolute atomic E-state index is 14.3. The van der Waals surface area contributed by atoms with Crippen molar-refractivity contribution in [3.8, 4) is 11.1 Å². The van der Waals surface area contributed by atoms with Crippen LogP contribution in [0.25, 0.3) is 32.9 Å². The number of sulfonamides is 1. The molecule has 3 heterocycles. The van der Waals surface area contributed by atoms with Gasteiger partial charge < -0.3 is 10.1 Å². The van der Waals surface area contributed by atoms with Gasteiger partial charge in [-0.05, 0) is 102 Å². The molecule has 2 N–H and O–H groups in total. The third-order valence-corrected chi connectivity index (χ3v) is 11.6. The van der Waals surface area contributed by atoms with Crippen LogP contribution in [-0.4, -0.2) is 53.1 Å². The summed E-state index contributed by atoms with van der Waals surface area (Å²) in [6.45, 7) is 3.36. The molecule has 9 heteroatoms. The fourth-order valence-electron chi connectivity index (χ4n) is 7.27. The summed E-state index contributed by atoms with van der Waals surface area (Å²) in [5, 5.41) is 11.2. The third-order valence-electron chi connectivity index (χ3n) is 9.82. The van der Waals surface area contributed by atoms with E-state index < -0.39 is 10.0 Å². The predicted octanol–water partition coefficient (Wildman–Crippen LogP) is 6.90. The molecule has 46 heavy (non-hydrogen) atoms. The van der Waals surface area contributed by atoms with Crippen LogP contribution in [-0.2, 0) is 16.6 Å². The molecule has 1 saturated heterocycles. The Morgan fingerprint density at radius 1 is 0.935 bits per heavy atom. The van der Waals surface area contributed by atoms with Gasteiger partial charge in [0.25, 0.3) is 10.0 Å². The number of nitrogens with one attached hydrogen (secondary N) is 1. The smallest absolute Gasteiger partial charge is 0.269 e. The van der Waals surface area contributed by atoms with Crippen LogP contribution >= 0.6 is 0 Å². The van der Waals surface area contributed by atoms with Gasteiger partial charge in [0.1, 0.15) is 6.33 Å². The Morgan fingerprint density at radius 2 is 1.76 bits per heavy atom. The lowest BCUT2D eigenvalue weighted by Gasteiger charge is -2.33. The standard InChI is InChI=1S/C37H35N5O3S/c43-23-30-21-37(30)16-4-18-41(24-37)22-26-7-9-27(10-8-26)28-11-13-35-33(20-28)36(40-25-39-35)42(46(44,45)32-5-2-1-3-6-32)31-12-14-34-29(19-31)15-17-38-34/h1-3,5-15,17,19-20,25,30,38,43H,4,16,18,21-24H2. The number of hydrogen-bond donors (Lipinski definition) is 2. The van der Waals surface area contributed by atoms with E-state index in [9.17, 15) is 13.5 Å². The van der Waals surface area contributed by atoms with E-state index in [-0.39, 0.29) is 4.90 Å². The quantitative estimate of drug-likeness (QED) is 0.190. The van der Waals surface area contributed by atoms with Crippen molar-refractivity contribution < 1.29 is 13.5 Å². The lowest BCUT2D eigenvalue weighted by Crippen LogP contribution is -2.37. The van der Waals surface area contributed by atoms with E-state index >= 15 is 0 Å². The molecular formula is C37H35N5O3S. The molecule has 232 valence electrons. The third kappa shape index (κ3) is 5.14. The summed E-state index contributed by atoms with van der Waals surface area (Å²) in [6, 6.07) is 30.5. The Balaban J connectivity index is 1.15. The van der Waals surface area contributed by atoms with Gasteiger partial charge in [-0.1, -0.05) is 48.5 Å². The Bertz CT molecular complexity index is 2150. The zero-order valence-electron chi connectivity index (χ0n) is 25.4. The predicted molar refractivity (Wildman–Crippen MR) is 181 cm³/mol. The average Bonchev–Trinajstić information content (AvgIpc) is 3.52. The van der Waals surface area contributed by atoms with Crippen molar-refractivity contribution >= 4 is 43.3 Å². The van der Waals surface area contributed by atoms with Gasteiger partial charge in [0.2, 0.25) is 0 Å². The van der Waals surface area contributed by atoms with Crippen molar-refractivity contribution in [3.05, 3.63) is 115 Å². The molecule has 1 aliphatic carbocycles. The monoisotopic (exact) mass is 629 g/mol. The van der Waals surface area contributed by atoms with Gasteiger partial charge in [-0.2, -0.15) is 0 Å². The highest BCUT2D eigenvalue weighted by Crippen LogP contribution is 2.57. The van der Waals surface area contributed by atoms with Crippen molar-refractivity contribution in [2.45, 2.75) is 30.7 Å². The van der Waals surface area contributed by atoms with Gasteiger partial charge in [0.05, 0.1) is 16.1 Å². The van der Waals surface area contributed by atoms with E-state index in [0.717, 1.165) is 48.1 Å². The summed E-state index contributed by atoms with van der Waals surface area (Å²) in [4.78, 5) is 15.0. The number of nitrogens with zero attached hydrogens (tertiary/aromatic N) is 4.